The molecule has 1 N–H and O–H groups in total. The lowest BCUT2D eigenvalue weighted by molar-refractivity contribution is -0.145. The summed E-state index contributed by atoms with van der Waals surface area (Å²) in [4.78, 5) is 26.9. The molecular formula is C24H43NO5. The van der Waals surface area contributed by atoms with Crippen LogP contribution in [-0.2, 0) is 14.3 Å². The highest BCUT2D eigenvalue weighted by Gasteiger charge is 2.52. The number of nitrogens with zero attached hydrogens (tertiary/aromatic N) is 1. The number of carboxylic acids is 1. The van der Waals surface area contributed by atoms with Gasteiger partial charge in [0, 0.05) is 0 Å². The van der Waals surface area contributed by atoms with E-state index in [-0.39, 0.29) is 18.2 Å². The molecule has 2 fully saturated rings. The van der Waals surface area contributed by atoms with Crippen molar-refractivity contribution in [2.45, 2.75) is 123 Å². The molecule has 0 aromatic carbocycles. The van der Waals surface area contributed by atoms with Gasteiger partial charge in [0.05, 0.1) is 18.1 Å². The molecule has 2 rings (SSSR count). The van der Waals surface area contributed by atoms with Crippen LogP contribution < -0.4 is 0 Å². The van der Waals surface area contributed by atoms with Crippen molar-refractivity contribution in [3.8, 4) is 0 Å². The summed E-state index contributed by atoms with van der Waals surface area (Å²) in [6.07, 6.45) is 7.11. The number of carboxylic acid groups (broad SMARTS) is 1. The third-order valence-electron chi connectivity index (χ3n) is 6.29. The fourth-order valence-electron chi connectivity index (χ4n) is 5.09. The van der Waals surface area contributed by atoms with E-state index in [4.69, 9.17) is 9.47 Å². The summed E-state index contributed by atoms with van der Waals surface area (Å²) in [5.74, 6) is -0.357. The van der Waals surface area contributed by atoms with E-state index >= 15 is 0 Å². The van der Waals surface area contributed by atoms with Gasteiger partial charge in [0.15, 0.2) is 0 Å². The minimum Gasteiger partial charge on any atom is -0.481 e. The van der Waals surface area contributed by atoms with Gasteiger partial charge in [-0.3, -0.25) is 9.69 Å². The molecular weight excluding hydrogens is 382 g/mol. The van der Waals surface area contributed by atoms with E-state index < -0.39 is 23.2 Å². The van der Waals surface area contributed by atoms with Gasteiger partial charge in [-0.1, -0.05) is 46.0 Å². The van der Waals surface area contributed by atoms with Crippen LogP contribution in [0.3, 0.4) is 0 Å². The summed E-state index contributed by atoms with van der Waals surface area (Å²) >= 11 is 0. The molecule has 0 radical (unpaired) electrons. The highest BCUT2D eigenvalue weighted by Crippen LogP contribution is 2.40. The number of aliphatic carboxylic acids is 1. The van der Waals surface area contributed by atoms with Crippen LogP contribution in [0.1, 0.15) is 99.8 Å². The minimum absolute atomic E-state index is 0.192. The van der Waals surface area contributed by atoms with Crippen LogP contribution in [0, 0.1) is 17.8 Å². The quantitative estimate of drug-likeness (QED) is 0.555. The van der Waals surface area contributed by atoms with Crippen molar-refractivity contribution in [3.05, 3.63) is 0 Å². The highest BCUT2D eigenvalue weighted by atomic mass is 16.6. The van der Waals surface area contributed by atoms with Crippen LogP contribution in [0.25, 0.3) is 0 Å². The topological polar surface area (TPSA) is 76.1 Å². The predicted octanol–water partition coefficient (Wildman–Crippen LogP) is 5.83. The molecule has 3 atom stereocenters. The minimum atomic E-state index is -0.833. The van der Waals surface area contributed by atoms with Crippen LogP contribution in [0.2, 0.25) is 0 Å². The summed E-state index contributed by atoms with van der Waals surface area (Å²) in [7, 11) is 0. The number of amides is 1. The van der Waals surface area contributed by atoms with Gasteiger partial charge >= 0.3 is 12.1 Å². The molecule has 0 unspecified atom stereocenters. The largest absolute Gasteiger partial charge is 0.481 e. The molecule has 1 saturated heterocycles. The Balaban J connectivity index is 2.21. The van der Waals surface area contributed by atoms with Crippen molar-refractivity contribution < 1.29 is 24.2 Å². The molecule has 1 heterocycles. The Morgan fingerprint density at radius 3 is 2.20 bits per heavy atom. The summed E-state index contributed by atoms with van der Waals surface area (Å²) in [6.45, 7) is 13.6. The smallest absolute Gasteiger partial charge is 0.412 e. The van der Waals surface area contributed by atoms with Crippen LogP contribution in [0.4, 0.5) is 4.79 Å². The van der Waals surface area contributed by atoms with Gasteiger partial charge in [-0.25, -0.2) is 4.79 Å². The van der Waals surface area contributed by atoms with Gasteiger partial charge in [0.25, 0.3) is 0 Å². The molecule has 30 heavy (non-hydrogen) atoms. The summed E-state index contributed by atoms with van der Waals surface area (Å²) in [5, 5.41) is 9.93. The summed E-state index contributed by atoms with van der Waals surface area (Å²) < 4.78 is 12.0. The van der Waals surface area contributed by atoms with E-state index in [0.29, 0.717) is 24.7 Å². The number of carbonyl (C=O) groups is 2. The SMILES string of the molecule is CC(C)C[C@H]1[C@H](C[C@@H](CC2CCCCC2)C(=O)O)OC(C)(C)N1C(=O)OC(C)(C)C. The molecule has 0 aromatic rings. The molecule has 0 bridgehead atoms. The Hall–Kier alpha value is -1.30. The van der Waals surface area contributed by atoms with Crippen molar-refractivity contribution in [3.63, 3.8) is 0 Å². The molecule has 174 valence electrons. The van der Waals surface area contributed by atoms with E-state index in [0.717, 1.165) is 19.3 Å². The second-order valence-electron chi connectivity index (χ2n) is 11.2. The number of rotatable bonds is 7. The van der Waals surface area contributed by atoms with Crippen molar-refractivity contribution in [1.29, 1.82) is 0 Å². The summed E-state index contributed by atoms with van der Waals surface area (Å²) in [5.41, 5.74) is -1.43. The zero-order valence-electron chi connectivity index (χ0n) is 20.1. The molecule has 1 saturated carbocycles. The second kappa shape index (κ2) is 9.88. The zero-order valence-corrected chi connectivity index (χ0v) is 20.1. The monoisotopic (exact) mass is 425 g/mol. The number of hydrogen-bond donors (Lipinski definition) is 1. The third-order valence-corrected chi connectivity index (χ3v) is 6.29. The fraction of sp³-hybridized carbons (Fsp3) is 0.917. The number of ether oxygens (including phenoxy) is 2. The van der Waals surface area contributed by atoms with Gasteiger partial charge in [-0.2, -0.15) is 0 Å². The van der Waals surface area contributed by atoms with E-state index in [1.807, 2.05) is 34.6 Å². The Labute approximate surface area is 182 Å². The summed E-state index contributed by atoms with van der Waals surface area (Å²) in [6, 6.07) is -0.192. The number of hydrogen-bond acceptors (Lipinski definition) is 4. The van der Waals surface area contributed by atoms with Crippen molar-refractivity contribution >= 4 is 12.1 Å². The van der Waals surface area contributed by atoms with Crippen LogP contribution >= 0.6 is 0 Å². The van der Waals surface area contributed by atoms with Crippen molar-refractivity contribution in [1.82, 2.24) is 4.90 Å². The molecule has 0 spiro atoms. The average Bonchev–Trinajstić information content (AvgIpc) is 2.82. The second-order valence-corrected chi connectivity index (χ2v) is 11.2. The van der Waals surface area contributed by atoms with Gasteiger partial charge in [-0.15, -0.1) is 0 Å². The molecule has 1 aliphatic carbocycles. The Morgan fingerprint density at radius 1 is 1.10 bits per heavy atom. The van der Waals surface area contributed by atoms with Crippen LogP contribution in [-0.4, -0.2) is 45.5 Å². The fourth-order valence-corrected chi connectivity index (χ4v) is 5.09. The van der Waals surface area contributed by atoms with Crippen molar-refractivity contribution in [2.24, 2.45) is 17.8 Å². The Kier molecular flexibility index (Phi) is 8.22. The standard InChI is InChI=1S/C24H43NO5/c1-16(2)13-19-20(15-18(21(26)27)14-17-11-9-8-10-12-17)29-24(6,7)25(19)22(28)30-23(3,4)5/h16-20H,8-15H2,1-7H3,(H,26,27)/t18-,19+,20+/m1/s1. The lowest BCUT2D eigenvalue weighted by atomic mass is 9.80. The first-order valence-corrected chi connectivity index (χ1v) is 11.7. The van der Waals surface area contributed by atoms with E-state index in [2.05, 4.69) is 13.8 Å². The lowest BCUT2D eigenvalue weighted by Crippen LogP contribution is -2.50. The van der Waals surface area contributed by atoms with Crippen LogP contribution in [0.5, 0.6) is 0 Å². The number of carbonyl (C=O) groups excluding carboxylic acids is 1. The first kappa shape index (κ1) is 25.0. The van der Waals surface area contributed by atoms with E-state index in [1.54, 1.807) is 4.90 Å². The van der Waals surface area contributed by atoms with Crippen LogP contribution in [0.15, 0.2) is 0 Å². The van der Waals surface area contributed by atoms with Gasteiger partial charge in [0.2, 0.25) is 0 Å². The van der Waals surface area contributed by atoms with Gasteiger partial charge < -0.3 is 14.6 Å². The lowest BCUT2D eigenvalue weighted by Gasteiger charge is -2.35. The molecule has 6 heteroatoms. The Morgan fingerprint density at radius 2 is 1.70 bits per heavy atom. The molecule has 1 amide bonds. The predicted molar refractivity (Wildman–Crippen MR) is 117 cm³/mol. The molecule has 6 nitrogen and oxygen atoms in total. The average molecular weight is 426 g/mol. The van der Waals surface area contributed by atoms with E-state index in [9.17, 15) is 14.7 Å². The highest BCUT2D eigenvalue weighted by molar-refractivity contribution is 5.71. The maximum Gasteiger partial charge on any atom is 0.412 e. The molecule has 0 aromatic heterocycles. The van der Waals surface area contributed by atoms with Crippen molar-refractivity contribution in [2.75, 3.05) is 0 Å². The Bertz CT molecular complexity index is 589. The van der Waals surface area contributed by atoms with E-state index in [1.165, 1.54) is 19.3 Å². The zero-order chi connectivity index (χ0) is 22.7. The maximum atomic E-state index is 13.1. The van der Waals surface area contributed by atoms with Gasteiger partial charge in [0.1, 0.15) is 11.3 Å². The first-order chi connectivity index (χ1) is 13.8. The molecule has 2 aliphatic rings. The van der Waals surface area contributed by atoms with Gasteiger partial charge in [-0.05, 0) is 65.7 Å². The maximum absolute atomic E-state index is 13.1. The normalized spacial score (nSPS) is 26.1. The molecule has 1 aliphatic heterocycles. The third kappa shape index (κ3) is 6.86. The first-order valence-electron chi connectivity index (χ1n) is 11.7.